The molecule has 3 amide bonds. The van der Waals surface area contributed by atoms with Gasteiger partial charge >= 0.3 is 12.0 Å². The summed E-state index contributed by atoms with van der Waals surface area (Å²) in [5.41, 5.74) is 0. The summed E-state index contributed by atoms with van der Waals surface area (Å²) in [6, 6.07) is 2.13. The first-order valence-corrected chi connectivity index (χ1v) is 5.67. The Hall–Kier alpha value is -2.51. The molecule has 1 saturated heterocycles. The molecule has 0 bridgehead atoms. The van der Waals surface area contributed by atoms with Crippen LogP contribution in [0.4, 0.5) is 4.79 Å². The van der Waals surface area contributed by atoms with Gasteiger partial charge in [-0.25, -0.2) is 9.59 Å². The van der Waals surface area contributed by atoms with E-state index in [0.717, 1.165) is 0 Å². The second kappa shape index (κ2) is 5.42. The van der Waals surface area contributed by atoms with Crippen LogP contribution in [0.1, 0.15) is 22.7 Å². The van der Waals surface area contributed by atoms with Crippen molar-refractivity contribution < 1.29 is 23.9 Å². The lowest BCUT2D eigenvalue weighted by Crippen LogP contribution is -2.42. The zero-order chi connectivity index (χ0) is 13.8. The van der Waals surface area contributed by atoms with Gasteiger partial charge in [0, 0.05) is 13.0 Å². The van der Waals surface area contributed by atoms with Crippen LogP contribution in [0.5, 0.6) is 0 Å². The molecule has 1 fully saturated rings. The van der Waals surface area contributed by atoms with E-state index in [9.17, 15) is 14.4 Å². The van der Waals surface area contributed by atoms with Crippen LogP contribution in [0.25, 0.3) is 0 Å². The van der Waals surface area contributed by atoms with E-state index in [0.29, 0.717) is 12.3 Å². The van der Waals surface area contributed by atoms with Crippen LogP contribution in [-0.2, 0) is 11.3 Å². The fourth-order valence-electron chi connectivity index (χ4n) is 1.70. The highest BCUT2D eigenvalue weighted by Gasteiger charge is 2.22. The molecular weight excluding hydrogens is 254 g/mol. The largest absolute Gasteiger partial charge is 0.475 e. The Balaban J connectivity index is 1.76. The van der Waals surface area contributed by atoms with Gasteiger partial charge < -0.3 is 25.5 Å². The zero-order valence-electron chi connectivity index (χ0n) is 9.93. The summed E-state index contributed by atoms with van der Waals surface area (Å²) in [7, 11) is 0. The number of urea groups is 1. The highest BCUT2D eigenvalue weighted by molar-refractivity contribution is 5.84. The Morgan fingerprint density at radius 2 is 2.26 bits per heavy atom. The van der Waals surface area contributed by atoms with E-state index < -0.39 is 12.0 Å². The molecule has 0 spiro atoms. The summed E-state index contributed by atoms with van der Waals surface area (Å²) in [6.07, 6.45) is 0.261. The minimum atomic E-state index is -1.16. The molecule has 2 heterocycles. The number of carboxylic acids is 1. The maximum absolute atomic E-state index is 11.5. The summed E-state index contributed by atoms with van der Waals surface area (Å²) in [5.74, 6) is -1.09. The Morgan fingerprint density at radius 1 is 1.47 bits per heavy atom. The number of carboxylic acid groups (broad SMARTS) is 1. The van der Waals surface area contributed by atoms with Gasteiger partial charge in [0.15, 0.2) is 0 Å². The summed E-state index contributed by atoms with van der Waals surface area (Å²) in [5, 5.41) is 16.4. The van der Waals surface area contributed by atoms with Crippen molar-refractivity contribution in [2.75, 3.05) is 6.54 Å². The van der Waals surface area contributed by atoms with E-state index in [1.54, 1.807) is 0 Å². The standard InChI is InChI=1S/C11H13N3O5/c15-9-3-6(4-12-9)14-11(18)13-5-7-1-2-8(19-7)10(16)17/h1-2,6H,3-5H2,(H,12,15)(H,16,17)(H2,13,14,18). The van der Waals surface area contributed by atoms with Crippen molar-refractivity contribution in [1.82, 2.24) is 16.0 Å². The van der Waals surface area contributed by atoms with Crippen LogP contribution < -0.4 is 16.0 Å². The van der Waals surface area contributed by atoms with Crippen molar-refractivity contribution in [3.05, 3.63) is 23.7 Å². The molecule has 0 saturated carbocycles. The maximum Gasteiger partial charge on any atom is 0.371 e. The Kier molecular flexibility index (Phi) is 3.69. The molecule has 1 aliphatic rings. The van der Waals surface area contributed by atoms with Gasteiger partial charge in [-0.3, -0.25) is 4.79 Å². The summed E-state index contributed by atoms with van der Waals surface area (Å²) >= 11 is 0. The first-order valence-electron chi connectivity index (χ1n) is 5.67. The predicted octanol–water partition coefficient (Wildman–Crippen LogP) is -0.334. The topological polar surface area (TPSA) is 121 Å². The van der Waals surface area contributed by atoms with Crippen LogP contribution in [0.15, 0.2) is 16.5 Å². The number of hydrogen-bond acceptors (Lipinski definition) is 4. The van der Waals surface area contributed by atoms with Gasteiger partial charge in [0.2, 0.25) is 11.7 Å². The molecule has 4 N–H and O–H groups in total. The summed E-state index contributed by atoms with van der Waals surface area (Å²) in [4.78, 5) is 33.0. The average molecular weight is 267 g/mol. The molecule has 0 radical (unpaired) electrons. The molecule has 8 heteroatoms. The number of carbonyl (C=O) groups is 3. The zero-order valence-corrected chi connectivity index (χ0v) is 9.93. The first-order chi connectivity index (χ1) is 9.04. The van der Waals surface area contributed by atoms with Crippen molar-refractivity contribution in [1.29, 1.82) is 0 Å². The Morgan fingerprint density at radius 3 is 2.84 bits per heavy atom. The Bertz CT molecular complexity index is 510. The van der Waals surface area contributed by atoms with E-state index in [2.05, 4.69) is 16.0 Å². The van der Waals surface area contributed by atoms with E-state index in [1.165, 1.54) is 12.1 Å². The Labute approximate surface area is 108 Å². The number of furan rings is 1. The monoisotopic (exact) mass is 267 g/mol. The third-order valence-corrected chi connectivity index (χ3v) is 2.61. The van der Waals surface area contributed by atoms with Gasteiger partial charge in [-0.1, -0.05) is 0 Å². The molecule has 102 valence electrons. The number of hydrogen-bond donors (Lipinski definition) is 4. The molecule has 1 aromatic heterocycles. The van der Waals surface area contributed by atoms with Crippen LogP contribution in [0, 0.1) is 0 Å². The van der Waals surface area contributed by atoms with Crippen molar-refractivity contribution in [3.63, 3.8) is 0 Å². The fourth-order valence-corrected chi connectivity index (χ4v) is 1.70. The minimum Gasteiger partial charge on any atom is -0.475 e. The fraction of sp³-hybridized carbons (Fsp3) is 0.364. The molecule has 19 heavy (non-hydrogen) atoms. The van der Waals surface area contributed by atoms with Gasteiger partial charge in [-0.2, -0.15) is 0 Å². The van der Waals surface area contributed by atoms with Crippen molar-refractivity contribution in [2.24, 2.45) is 0 Å². The number of aromatic carboxylic acids is 1. The van der Waals surface area contributed by atoms with Crippen LogP contribution >= 0.6 is 0 Å². The molecule has 2 rings (SSSR count). The molecule has 0 aliphatic carbocycles. The molecule has 1 aromatic rings. The molecule has 1 unspecified atom stereocenters. The lowest BCUT2D eigenvalue weighted by molar-refractivity contribution is -0.119. The highest BCUT2D eigenvalue weighted by atomic mass is 16.4. The number of rotatable bonds is 4. The highest BCUT2D eigenvalue weighted by Crippen LogP contribution is 2.07. The number of nitrogens with one attached hydrogen (secondary N) is 3. The normalized spacial score (nSPS) is 17.9. The molecule has 8 nitrogen and oxygen atoms in total. The lowest BCUT2D eigenvalue weighted by atomic mass is 10.2. The predicted molar refractivity (Wildman–Crippen MR) is 62.5 cm³/mol. The SMILES string of the molecule is O=C1CC(NC(=O)NCc2ccc(C(=O)O)o2)CN1. The van der Waals surface area contributed by atoms with Crippen molar-refractivity contribution in [2.45, 2.75) is 19.0 Å². The van der Waals surface area contributed by atoms with E-state index in [1.807, 2.05) is 0 Å². The van der Waals surface area contributed by atoms with E-state index in [4.69, 9.17) is 9.52 Å². The second-order valence-corrected chi connectivity index (χ2v) is 4.10. The number of amides is 3. The summed E-state index contributed by atoms with van der Waals surface area (Å²) in [6.45, 7) is 0.489. The smallest absolute Gasteiger partial charge is 0.371 e. The van der Waals surface area contributed by atoms with Gasteiger partial charge in [-0.05, 0) is 12.1 Å². The van der Waals surface area contributed by atoms with Gasteiger partial charge in [-0.15, -0.1) is 0 Å². The molecule has 1 atom stereocenters. The third-order valence-electron chi connectivity index (χ3n) is 2.61. The van der Waals surface area contributed by atoms with E-state index >= 15 is 0 Å². The van der Waals surface area contributed by atoms with Crippen molar-refractivity contribution >= 4 is 17.9 Å². The quantitative estimate of drug-likeness (QED) is 0.595. The van der Waals surface area contributed by atoms with E-state index in [-0.39, 0.29) is 30.7 Å². The molecular formula is C11H13N3O5. The van der Waals surface area contributed by atoms with Crippen molar-refractivity contribution in [3.8, 4) is 0 Å². The van der Waals surface area contributed by atoms with Crippen LogP contribution in [-0.4, -0.2) is 35.6 Å². The van der Waals surface area contributed by atoms with Crippen LogP contribution in [0.3, 0.4) is 0 Å². The average Bonchev–Trinajstić information content (AvgIpc) is 2.96. The third kappa shape index (κ3) is 3.47. The minimum absolute atomic E-state index is 0.0766. The molecule has 1 aliphatic heterocycles. The van der Waals surface area contributed by atoms with Gasteiger partial charge in [0.05, 0.1) is 12.6 Å². The second-order valence-electron chi connectivity index (χ2n) is 4.10. The maximum atomic E-state index is 11.5. The lowest BCUT2D eigenvalue weighted by Gasteiger charge is -2.10. The molecule has 0 aromatic carbocycles. The number of carbonyl (C=O) groups excluding carboxylic acids is 2. The summed E-state index contributed by atoms with van der Waals surface area (Å²) < 4.78 is 4.97. The van der Waals surface area contributed by atoms with Crippen LogP contribution in [0.2, 0.25) is 0 Å². The first kappa shape index (κ1) is 12.9. The van der Waals surface area contributed by atoms with Gasteiger partial charge in [0.1, 0.15) is 5.76 Å². The van der Waals surface area contributed by atoms with Gasteiger partial charge in [0.25, 0.3) is 0 Å².